The highest BCUT2D eigenvalue weighted by Crippen LogP contribution is 2.23. The van der Waals surface area contributed by atoms with Gasteiger partial charge in [-0.2, -0.15) is 0 Å². The van der Waals surface area contributed by atoms with Crippen molar-refractivity contribution < 1.29 is 4.79 Å². The number of amides is 1. The zero-order valence-corrected chi connectivity index (χ0v) is 13.3. The third kappa shape index (κ3) is 4.02. The third-order valence-corrected chi connectivity index (χ3v) is 3.93. The third-order valence-electron chi connectivity index (χ3n) is 3.68. The van der Waals surface area contributed by atoms with E-state index < -0.39 is 0 Å². The number of carbonyl (C=O) groups is 1. The molecule has 0 saturated heterocycles. The Hall–Kier alpha value is -2.52. The van der Waals surface area contributed by atoms with Crippen molar-refractivity contribution >= 4 is 23.2 Å². The Balaban J connectivity index is 1.76. The Morgan fingerprint density at radius 1 is 0.957 bits per heavy atom. The quantitative estimate of drug-likeness (QED) is 0.721. The summed E-state index contributed by atoms with van der Waals surface area (Å²) in [6.45, 7) is 0. The van der Waals surface area contributed by atoms with Gasteiger partial charge in [-0.3, -0.25) is 4.79 Å². The van der Waals surface area contributed by atoms with E-state index in [1.165, 1.54) is 0 Å². The summed E-state index contributed by atoms with van der Waals surface area (Å²) < 4.78 is 2.05. The van der Waals surface area contributed by atoms with Crippen LogP contribution >= 0.6 is 11.6 Å². The van der Waals surface area contributed by atoms with E-state index in [1.54, 1.807) is 24.3 Å². The van der Waals surface area contributed by atoms with E-state index in [0.717, 1.165) is 11.3 Å². The topological polar surface area (TPSA) is 34.0 Å². The second kappa shape index (κ2) is 7.16. The number of benzene rings is 2. The number of aromatic nitrogens is 1. The monoisotopic (exact) mass is 324 g/mol. The number of nitrogens with zero attached hydrogens (tertiary/aromatic N) is 1. The molecule has 116 valence electrons. The van der Waals surface area contributed by atoms with Crippen LogP contribution in [0.2, 0.25) is 5.02 Å². The molecule has 1 amide bonds. The van der Waals surface area contributed by atoms with Gasteiger partial charge in [0.2, 0.25) is 5.91 Å². The highest BCUT2D eigenvalue weighted by atomic mass is 35.5. The lowest BCUT2D eigenvalue weighted by Gasteiger charge is -2.19. The van der Waals surface area contributed by atoms with E-state index >= 15 is 0 Å². The lowest BCUT2D eigenvalue weighted by molar-refractivity contribution is -0.116. The molecule has 2 aromatic carbocycles. The molecule has 3 nitrogen and oxygen atoms in total. The molecule has 4 heteroatoms. The van der Waals surface area contributed by atoms with Crippen molar-refractivity contribution in [1.29, 1.82) is 0 Å². The standard InChI is InChI=1S/C19H17ClN2O/c20-16-8-10-17(11-9-16)21-19(23)14-18(22-12-4-5-13-22)15-6-2-1-3-7-15/h1-13,18H,14H2,(H,21,23)/t18-/m1/s1. The Labute approximate surface area is 140 Å². The summed E-state index contributed by atoms with van der Waals surface area (Å²) in [5.41, 5.74) is 1.86. The average molecular weight is 325 g/mol. The molecule has 0 aliphatic carbocycles. The van der Waals surface area contributed by atoms with Crippen molar-refractivity contribution in [1.82, 2.24) is 4.57 Å². The summed E-state index contributed by atoms with van der Waals surface area (Å²) >= 11 is 5.86. The van der Waals surface area contributed by atoms with Crippen molar-refractivity contribution in [2.75, 3.05) is 5.32 Å². The Morgan fingerprint density at radius 2 is 1.61 bits per heavy atom. The second-order valence-electron chi connectivity index (χ2n) is 5.32. The number of nitrogens with one attached hydrogen (secondary N) is 1. The van der Waals surface area contributed by atoms with E-state index in [2.05, 4.69) is 9.88 Å². The van der Waals surface area contributed by atoms with Crippen molar-refractivity contribution in [2.24, 2.45) is 0 Å². The fourth-order valence-corrected chi connectivity index (χ4v) is 2.67. The maximum Gasteiger partial charge on any atom is 0.226 e. The molecule has 0 aliphatic heterocycles. The molecule has 1 aromatic heterocycles. The summed E-state index contributed by atoms with van der Waals surface area (Å²) in [7, 11) is 0. The van der Waals surface area contributed by atoms with E-state index in [0.29, 0.717) is 11.4 Å². The second-order valence-corrected chi connectivity index (χ2v) is 5.75. The first kappa shape index (κ1) is 15.4. The minimum absolute atomic E-state index is 0.0292. The van der Waals surface area contributed by atoms with Gasteiger partial charge in [0.05, 0.1) is 12.5 Å². The zero-order valence-electron chi connectivity index (χ0n) is 12.5. The van der Waals surface area contributed by atoms with Gasteiger partial charge in [0.25, 0.3) is 0 Å². The van der Waals surface area contributed by atoms with E-state index in [1.807, 2.05) is 54.9 Å². The number of hydrogen-bond acceptors (Lipinski definition) is 1. The van der Waals surface area contributed by atoms with Crippen molar-refractivity contribution in [3.8, 4) is 0 Å². The molecule has 0 saturated carbocycles. The molecule has 1 N–H and O–H groups in total. The number of halogens is 1. The summed E-state index contributed by atoms with van der Waals surface area (Å²) in [5, 5.41) is 3.57. The lowest BCUT2D eigenvalue weighted by atomic mass is 10.0. The Kier molecular flexibility index (Phi) is 4.79. The summed E-state index contributed by atoms with van der Waals surface area (Å²) in [5.74, 6) is -0.0325. The van der Waals surface area contributed by atoms with Crippen LogP contribution < -0.4 is 5.32 Å². The van der Waals surface area contributed by atoms with Crippen LogP contribution in [0.1, 0.15) is 18.0 Å². The fraction of sp³-hybridized carbons (Fsp3) is 0.105. The van der Waals surface area contributed by atoms with Gasteiger partial charge in [0.15, 0.2) is 0 Å². The first-order valence-corrected chi connectivity index (χ1v) is 7.83. The molecule has 0 fully saturated rings. The molecule has 3 aromatic rings. The summed E-state index contributed by atoms with van der Waals surface area (Å²) in [6, 6.07) is 21.1. The molecule has 23 heavy (non-hydrogen) atoms. The van der Waals surface area contributed by atoms with Gasteiger partial charge in [-0.15, -0.1) is 0 Å². The number of hydrogen-bond donors (Lipinski definition) is 1. The molecular weight excluding hydrogens is 308 g/mol. The van der Waals surface area contributed by atoms with Crippen LogP contribution in [0.5, 0.6) is 0 Å². The molecular formula is C19H17ClN2O. The van der Waals surface area contributed by atoms with Crippen LogP contribution in [-0.2, 0) is 4.79 Å². The maximum atomic E-state index is 12.4. The molecule has 0 aliphatic rings. The molecule has 1 heterocycles. The summed E-state index contributed by atoms with van der Waals surface area (Å²) in [6.07, 6.45) is 4.32. The van der Waals surface area contributed by atoms with Gasteiger partial charge in [-0.05, 0) is 42.0 Å². The van der Waals surface area contributed by atoms with Crippen LogP contribution in [0.15, 0.2) is 79.1 Å². The molecule has 0 spiro atoms. The van der Waals surface area contributed by atoms with Crippen molar-refractivity contribution in [2.45, 2.75) is 12.5 Å². The fourth-order valence-electron chi connectivity index (χ4n) is 2.55. The zero-order chi connectivity index (χ0) is 16.1. The number of carbonyl (C=O) groups excluding carboxylic acids is 1. The smallest absolute Gasteiger partial charge is 0.226 e. The molecule has 0 unspecified atom stereocenters. The Bertz CT molecular complexity index is 752. The predicted molar refractivity (Wildman–Crippen MR) is 93.7 cm³/mol. The number of anilines is 1. The van der Waals surface area contributed by atoms with Gasteiger partial charge in [0.1, 0.15) is 0 Å². The minimum atomic E-state index is -0.0325. The average Bonchev–Trinajstić information content (AvgIpc) is 3.10. The largest absolute Gasteiger partial charge is 0.346 e. The first-order valence-electron chi connectivity index (χ1n) is 7.45. The van der Waals surface area contributed by atoms with Crippen LogP contribution in [0.4, 0.5) is 5.69 Å². The maximum absolute atomic E-state index is 12.4. The molecule has 1 atom stereocenters. The van der Waals surface area contributed by atoms with Crippen molar-refractivity contribution in [3.05, 3.63) is 89.7 Å². The van der Waals surface area contributed by atoms with Crippen LogP contribution in [-0.4, -0.2) is 10.5 Å². The molecule has 3 rings (SSSR count). The van der Waals surface area contributed by atoms with Crippen LogP contribution in [0.25, 0.3) is 0 Å². The molecule has 0 radical (unpaired) electrons. The van der Waals surface area contributed by atoms with Crippen LogP contribution in [0, 0.1) is 0 Å². The summed E-state index contributed by atoms with van der Waals surface area (Å²) in [4.78, 5) is 12.4. The highest BCUT2D eigenvalue weighted by Gasteiger charge is 2.17. The van der Waals surface area contributed by atoms with Gasteiger partial charge in [-0.25, -0.2) is 0 Å². The first-order chi connectivity index (χ1) is 11.2. The van der Waals surface area contributed by atoms with E-state index in [9.17, 15) is 4.79 Å². The Morgan fingerprint density at radius 3 is 2.26 bits per heavy atom. The normalized spacial score (nSPS) is 11.9. The number of rotatable bonds is 5. The lowest BCUT2D eigenvalue weighted by Crippen LogP contribution is -2.19. The molecule has 0 bridgehead atoms. The van der Waals surface area contributed by atoms with E-state index in [4.69, 9.17) is 11.6 Å². The highest BCUT2D eigenvalue weighted by molar-refractivity contribution is 6.30. The SMILES string of the molecule is O=C(C[C@H](c1ccccc1)n1cccc1)Nc1ccc(Cl)cc1. The van der Waals surface area contributed by atoms with Gasteiger partial charge in [-0.1, -0.05) is 41.9 Å². The van der Waals surface area contributed by atoms with Crippen molar-refractivity contribution in [3.63, 3.8) is 0 Å². The van der Waals surface area contributed by atoms with Gasteiger partial charge < -0.3 is 9.88 Å². The van der Waals surface area contributed by atoms with Gasteiger partial charge >= 0.3 is 0 Å². The predicted octanol–water partition coefficient (Wildman–Crippen LogP) is 4.76. The van der Waals surface area contributed by atoms with Crippen LogP contribution in [0.3, 0.4) is 0 Å². The van der Waals surface area contributed by atoms with Gasteiger partial charge in [0, 0.05) is 23.1 Å². The van der Waals surface area contributed by atoms with E-state index in [-0.39, 0.29) is 11.9 Å². The minimum Gasteiger partial charge on any atom is -0.346 e.